The highest BCUT2D eigenvalue weighted by molar-refractivity contribution is 8.08. The van der Waals surface area contributed by atoms with Crippen LogP contribution in [-0.4, -0.2) is 36.4 Å². The van der Waals surface area contributed by atoms with Crippen molar-refractivity contribution >= 4 is 40.5 Å². The summed E-state index contributed by atoms with van der Waals surface area (Å²) < 4.78 is 47.5. The van der Waals surface area contributed by atoms with Gasteiger partial charge in [0, 0.05) is 0 Å². The van der Waals surface area contributed by atoms with E-state index in [9.17, 15) is 16.8 Å². The van der Waals surface area contributed by atoms with Crippen LogP contribution < -0.4 is 0 Å². The molecule has 0 spiro atoms. The van der Waals surface area contributed by atoms with Crippen molar-refractivity contribution in [2.24, 2.45) is 10.3 Å². The molecule has 0 aliphatic rings. The van der Waals surface area contributed by atoms with Crippen molar-refractivity contribution < 1.29 is 25.4 Å². The van der Waals surface area contributed by atoms with Gasteiger partial charge in [0.25, 0.3) is 9.97 Å². The van der Waals surface area contributed by atoms with Crippen LogP contribution in [0, 0.1) is 0 Å². The molecule has 0 amide bonds. The molecule has 0 saturated carbocycles. The van der Waals surface area contributed by atoms with E-state index in [-0.39, 0.29) is 0 Å². The molecule has 0 radical (unpaired) electrons. The fourth-order valence-electron chi connectivity index (χ4n) is 0.223. The molecule has 0 saturated heterocycles. The third-order valence-electron chi connectivity index (χ3n) is 0.481. The van der Waals surface area contributed by atoms with E-state index in [1.807, 2.05) is 0 Å². The van der Waals surface area contributed by atoms with E-state index in [2.05, 4.69) is 18.9 Å². The first-order chi connectivity index (χ1) is 5.92. The molecule has 0 aromatic rings. The van der Waals surface area contributed by atoms with E-state index < -0.39 is 21.0 Å². The molecule has 8 nitrogen and oxygen atoms in total. The predicted octanol–water partition coefficient (Wildman–Crippen LogP) is -2.60. The smallest absolute Gasteiger partial charge is 0.280 e. The Morgan fingerprint density at radius 3 is 2.23 bits per heavy atom. The Labute approximate surface area is 76.8 Å². The van der Waals surface area contributed by atoms with Crippen molar-refractivity contribution in [1.82, 2.24) is 0 Å². The molecule has 0 aliphatic heterocycles. The number of rotatable bonds is 5. The first kappa shape index (κ1) is 11.9. The lowest BCUT2D eigenvalue weighted by Crippen LogP contribution is -1.99. The summed E-state index contributed by atoms with van der Waals surface area (Å²) in [5, 5.41) is 5.75. The molecule has 0 rings (SSSR count). The molecular weight excluding hydrogens is 223 g/mol. The summed E-state index contributed by atoms with van der Waals surface area (Å²) in [6.45, 7) is 0. The molecule has 0 aromatic carbocycles. The summed E-state index contributed by atoms with van der Waals surface area (Å²) in [7, 11) is -5.91. The highest BCUT2D eigenvalue weighted by atomic mass is 32.2. The van der Waals surface area contributed by atoms with E-state index in [4.69, 9.17) is 0 Å². The molecule has 13 heavy (non-hydrogen) atoms. The normalized spacial score (nSPS) is 12.7. The SMILES string of the molecule is BS(=O)(=O)ON=CC=NO[SH](=O)=O. The molecule has 0 fully saturated rings. The lowest BCUT2D eigenvalue weighted by atomic mass is 10.8. The lowest BCUT2D eigenvalue weighted by molar-refractivity contribution is 0.350. The minimum absolute atomic E-state index is 0.798. The predicted molar refractivity (Wildman–Crippen MR) is 46.9 cm³/mol. The Morgan fingerprint density at radius 2 is 1.77 bits per heavy atom. The van der Waals surface area contributed by atoms with E-state index in [0.29, 0.717) is 0 Å². The molecule has 0 heterocycles. The van der Waals surface area contributed by atoms with E-state index in [0.717, 1.165) is 19.6 Å². The van der Waals surface area contributed by atoms with Gasteiger partial charge >= 0.3 is 18.1 Å². The quantitative estimate of drug-likeness (QED) is 0.239. The molecule has 11 heteroatoms. The van der Waals surface area contributed by atoms with Gasteiger partial charge in [0.05, 0.1) is 12.4 Å². The minimum Gasteiger partial charge on any atom is -0.280 e. The van der Waals surface area contributed by atoms with Gasteiger partial charge in [-0.15, -0.1) is 0 Å². The largest absolute Gasteiger partial charge is 0.318 e. The van der Waals surface area contributed by atoms with Gasteiger partial charge in [-0.2, -0.15) is 8.42 Å². The summed E-state index contributed by atoms with van der Waals surface area (Å²) in [5.74, 6) is 0. The zero-order chi connectivity index (χ0) is 10.3. The zero-order valence-corrected chi connectivity index (χ0v) is 8.07. The van der Waals surface area contributed by atoms with Crippen LogP contribution in [0.5, 0.6) is 0 Å². The first-order valence-corrected chi connectivity index (χ1v) is 5.58. The van der Waals surface area contributed by atoms with Gasteiger partial charge in [0.1, 0.15) is 0 Å². The molecule has 0 bridgehead atoms. The first-order valence-electron chi connectivity index (χ1n) is 2.67. The molecular formula is C2H5BN2O6S2. The molecule has 74 valence electrons. The number of nitrogens with zero attached hydrogens (tertiary/aromatic N) is 2. The summed E-state index contributed by atoms with van der Waals surface area (Å²) in [5.41, 5.74) is 0. The Balaban J connectivity index is 3.83. The van der Waals surface area contributed by atoms with Crippen LogP contribution in [0.25, 0.3) is 0 Å². The Bertz CT molecular complexity index is 360. The second-order valence-electron chi connectivity index (χ2n) is 1.59. The third-order valence-corrected chi connectivity index (χ3v) is 1.07. The molecule has 0 aromatic heterocycles. The van der Waals surface area contributed by atoms with Crippen molar-refractivity contribution in [3.63, 3.8) is 0 Å². The van der Waals surface area contributed by atoms with Gasteiger partial charge in [0.15, 0.2) is 0 Å². The molecule has 0 atom stereocenters. The van der Waals surface area contributed by atoms with Crippen molar-refractivity contribution in [2.75, 3.05) is 0 Å². The fourth-order valence-corrected chi connectivity index (χ4v) is 0.561. The summed E-state index contributed by atoms with van der Waals surface area (Å²) in [4.78, 5) is 0. The monoisotopic (exact) mass is 228 g/mol. The Morgan fingerprint density at radius 1 is 1.23 bits per heavy atom. The number of oxime groups is 2. The van der Waals surface area contributed by atoms with Crippen LogP contribution in [0.2, 0.25) is 0 Å². The molecule has 0 unspecified atom stereocenters. The summed E-state index contributed by atoms with van der Waals surface area (Å²) >= 11 is 0. The van der Waals surface area contributed by atoms with Crippen LogP contribution in [-0.2, 0) is 29.5 Å². The van der Waals surface area contributed by atoms with E-state index in [1.54, 1.807) is 0 Å². The van der Waals surface area contributed by atoms with Gasteiger partial charge in [0.2, 0.25) is 0 Å². The Hall–Kier alpha value is -1.10. The van der Waals surface area contributed by atoms with Crippen LogP contribution >= 0.6 is 0 Å². The highest BCUT2D eigenvalue weighted by Gasteiger charge is 1.96. The maximum absolute atomic E-state index is 10.3. The summed E-state index contributed by atoms with van der Waals surface area (Å²) in [6, 6.07) is 0. The van der Waals surface area contributed by atoms with Gasteiger partial charge in [-0.25, -0.2) is 8.42 Å². The number of hydrogen-bond donors (Lipinski definition) is 1. The minimum atomic E-state index is -3.65. The molecule has 0 aliphatic carbocycles. The second kappa shape index (κ2) is 5.53. The second-order valence-corrected chi connectivity index (χ2v) is 3.76. The van der Waals surface area contributed by atoms with E-state index >= 15 is 0 Å². The van der Waals surface area contributed by atoms with Gasteiger partial charge in [-0.1, -0.05) is 10.3 Å². The van der Waals surface area contributed by atoms with Crippen LogP contribution in [0.4, 0.5) is 0 Å². The standard InChI is InChI=1S/C2H5BN2O6S2/c3-13(8,9)11-5-2-1-4-10-12(6)7/h1-2,12H,3H2. The third kappa shape index (κ3) is 10.9. The van der Waals surface area contributed by atoms with Crippen molar-refractivity contribution in [1.29, 1.82) is 0 Å². The highest BCUT2D eigenvalue weighted by Crippen LogP contribution is 1.82. The number of thiol groups is 1. The van der Waals surface area contributed by atoms with Gasteiger partial charge in [-0.05, 0) is 0 Å². The fraction of sp³-hybridized carbons (Fsp3) is 0. The van der Waals surface area contributed by atoms with Crippen molar-refractivity contribution in [3.8, 4) is 0 Å². The van der Waals surface area contributed by atoms with Crippen LogP contribution in [0.15, 0.2) is 10.3 Å². The van der Waals surface area contributed by atoms with Gasteiger partial charge < -0.3 is 0 Å². The maximum Gasteiger partial charge on any atom is 0.318 e. The van der Waals surface area contributed by atoms with E-state index in [1.165, 1.54) is 0 Å². The van der Waals surface area contributed by atoms with Crippen molar-refractivity contribution in [2.45, 2.75) is 0 Å². The Kier molecular flexibility index (Phi) is 5.07. The molecule has 0 N–H and O–H groups in total. The lowest BCUT2D eigenvalue weighted by Gasteiger charge is -1.89. The summed E-state index contributed by atoms with van der Waals surface area (Å²) in [6.07, 6.45) is 1.61. The van der Waals surface area contributed by atoms with Crippen LogP contribution in [0.1, 0.15) is 0 Å². The van der Waals surface area contributed by atoms with Crippen molar-refractivity contribution in [3.05, 3.63) is 0 Å². The van der Waals surface area contributed by atoms with Crippen LogP contribution in [0.3, 0.4) is 0 Å². The maximum atomic E-state index is 10.3. The van der Waals surface area contributed by atoms with Gasteiger partial charge in [-0.3, -0.25) is 8.57 Å². The average Bonchev–Trinajstić information content (AvgIpc) is 1.93. The number of hydrogen-bond acceptors (Lipinski definition) is 8. The topological polar surface area (TPSA) is 111 Å². The zero-order valence-electron chi connectivity index (χ0n) is 6.35. The average molecular weight is 228 g/mol.